The lowest BCUT2D eigenvalue weighted by Gasteiger charge is -2.04. The molecule has 0 aliphatic rings. The smallest absolute Gasteiger partial charge is 0.260 e. The average molecular weight is 282 g/mol. The van der Waals surface area contributed by atoms with Crippen LogP contribution in [0.4, 0.5) is 0 Å². The van der Waals surface area contributed by atoms with Gasteiger partial charge in [-0.15, -0.1) is 0 Å². The maximum absolute atomic E-state index is 10.2. The Morgan fingerprint density at radius 3 is 2.43 bits per heavy atom. The van der Waals surface area contributed by atoms with Crippen LogP contribution in [0.5, 0.6) is 5.75 Å². The van der Waals surface area contributed by atoms with Gasteiger partial charge in [-0.3, -0.25) is 0 Å². The van der Waals surface area contributed by atoms with E-state index in [1.54, 1.807) is 7.11 Å². The average Bonchev–Trinajstić information content (AvgIpc) is 3.05. The molecule has 2 aromatic carbocycles. The lowest BCUT2D eigenvalue weighted by molar-refractivity contribution is 0.170. The molecule has 1 atom stereocenters. The molecule has 0 aliphatic carbocycles. The summed E-state index contributed by atoms with van der Waals surface area (Å²) >= 11 is 0. The molecule has 21 heavy (non-hydrogen) atoms. The van der Waals surface area contributed by atoms with E-state index < -0.39 is 6.10 Å². The summed E-state index contributed by atoms with van der Waals surface area (Å²) in [5, 5.41) is 14.1. The van der Waals surface area contributed by atoms with E-state index in [1.165, 1.54) is 0 Å². The first-order chi connectivity index (χ1) is 10.3. The Kier molecular flexibility index (Phi) is 3.66. The fourth-order valence-electron chi connectivity index (χ4n) is 1.98. The van der Waals surface area contributed by atoms with Crippen molar-refractivity contribution in [2.75, 3.05) is 7.11 Å². The second-order valence-electron chi connectivity index (χ2n) is 4.50. The first-order valence-electron chi connectivity index (χ1n) is 6.49. The zero-order chi connectivity index (χ0) is 14.7. The van der Waals surface area contributed by atoms with Crippen molar-refractivity contribution in [3.63, 3.8) is 0 Å². The van der Waals surface area contributed by atoms with Gasteiger partial charge in [0.05, 0.1) is 7.11 Å². The maximum atomic E-state index is 10.2. The number of benzene rings is 2. The number of aliphatic hydroxyl groups excluding tert-OH is 1. The molecule has 0 radical (unpaired) electrons. The van der Waals surface area contributed by atoms with Crippen LogP contribution in [0.25, 0.3) is 11.4 Å². The van der Waals surface area contributed by atoms with Crippen LogP contribution >= 0.6 is 0 Å². The number of methoxy groups -OCH3 is 1. The summed E-state index contributed by atoms with van der Waals surface area (Å²) in [6.07, 6.45) is -0.925. The summed E-state index contributed by atoms with van der Waals surface area (Å²) in [5.74, 6) is 1.36. The highest BCUT2D eigenvalue weighted by atomic mass is 16.5. The van der Waals surface area contributed by atoms with E-state index >= 15 is 0 Å². The van der Waals surface area contributed by atoms with Crippen molar-refractivity contribution < 1.29 is 14.4 Å². The molecule has 1 heterocycles. The van der Waals surface area contributed by atoms with E-state index in [2.05, 4.69) is 10.1 Å². The van der Waals surface area contributed by atoms with E-state index in [0.717, 1.165) is 11.3 Å². The van der Waals surface area contributed by atoms with Crippen LogP contribution in [0.2, 0.25) is 0 Å². The number of hydrogen-bond donors (Lipinski definition) is 1. The normalized spacial score (nSPS) is 12.1. The van der Waals surface area contributed by atoms with Crippen LogP contribution in [0, 0.1) is 0 Å². The largest absolute Gasteiger partial charge is 0.497 e. The van der Waals surface area contributed by atoms with Gasteiger partial charge in [0, 0.05) is 5.56 Å². The molecule has 0 saturated heterocycles. The molecule has 106 valence electrons. The van der Waals surface area contributed by atoms with Crippen molar-refractivity contribution in [1.82, 2.24) is 10.1 Å². The highest BCUT2D eigenvalue weighted by molar-refractivity contribution is 5.55. The first-order valence-corrected chi connectivity index (χ1v) is 6.49. The van der Waals surface area contributed by atoms with Gasteiger partial charge in [0.1, 0.15) is 5.75 Å². The van der Waals surface area contributed by atoms with Gasteiger partial charge in [0.15, 0.2) is 6.10 Å². The summed E-state index contributed by atoms with van der Waals surface area (Å²) in [6, 6.07) is 16.5. The van der Waals surface area contributed by atoms with Crippen molar-refractivity contribution in [3.05, 3.63) is 66.1 Å². The lowest BCUT2D eigenvalue weighted by Crippen LogP contribution is -1.99. The van der Waals surface area contributed by atoms with Crippen molar-refractivity contribution in [1.29, 1.82) is 0 Å². The summed E-state index contributed by atoms with van der Waals surface area (Å²) in [6.45, 7) is 0. The molecular formula is C16H14N2O3. The van der Waals surface area contributed by atoms with Crippen molar-refractivity contribution >= 4 is 0 Å². The van der Waals surface area contributed by atoms with E-state index in [0.29, 0.717) is 11.4 Å². The van der Waals surface area contributed by atoms with Gasteiger partial charge in [-0.25, -0.2) is 0 Å². The zero-order valence-corrected chi connectivity index (χ0v) is 11.4. The molecule has 1 aromatic heterocycles. The Morgan fingerprint density at radius 1 is 1.05 bits per heavy atom. The quantitative estimate of drug-likeness (QED) is 0.797. The number of aliphatic hydroxyl groups is 1. The maximum Gasteiger partial charge on any atom is 0.260 e. The van der Waals surface area contributed by atoms with Gasteiger partial charge < -0.3 is 14.4 Å². The lowest BCUT2D eigenvalue weighted by atomic mass is 10.1. The minimum absolute atomic E-state index is 0.173. The van der Waals surface area contributed by atoms with Crippen LogP contribution < -0.4 is 4.74 Å². The SMILES string of the molecule is COc1ccc(-c2noc(C(O)c3ccccc3)n2)cc1. The van der Waals surface area contributed by atoms with Crippen LogP contribution in [-0.4, -0.2) is 22.4 Å². The molecule has 0 aliphatic heterocycles. The fraction of sp³-hybridized carbons (Fsp3) is 0.125. The molecule has 1 unspecified atom stereocenters. The van der Waals surface area contributed by atoms with Crippen LogP contribution in [0.1, 0.15) is 17.6 Å². The summed E-state index contributed by atoms with van der Waals surface area (Å²) in [5.41, 5.74) is 1.51. The Morgan fingerprint density at radius 2 is 1.76 bits per heavy atom. The first kappa shape index (κ1) is 13.3. The second kappa shape index (κ2) is 5.76. The van der Waals surface area contributed by atoms with Gasteiger partial charge in [-0.1, -0.05) is 35.5 Å². The Hall–Kier alpha value is -2.66. The molecule has 0 spiro atoms. The summed E-state index contributed by atoms with van der Waals surface area (Å²) in [7, 11) is 1.61. The van der Waals surface area contributed by atoms with Crippen LogP contribution in [-0.2, 0) is 0 Å². The summed E-state index contributed by atoms with van der Waals surface area (Å²) in [4.78, 5) is 4.24. The number of ether oxygens (including phenoxy) is 1. The molecule has 3 aromatic rings. The van der Waals surface area contributed by atoms with Gasteiger partial charge >= 0.3 is 0 Å². The van der Waals surface area contributed by atoms with Crippen LogP contribution in [0.3, 0.4) is 0 Å². The third-order valence-corrected chi connectivity index (χ3v) is 3.14. The minimum Gasteiger partial charge on any atom is -0.497 e. The van der Waals surface area contributed by atoms with Crippen molar-refractivity contribution in [2.45, 2.75) is 6.10 Å². The van der Waals surface area contributed by atoms with E-state index in [4.69, 9.17) is 9.26 Å². The number of hydrogen-bond acceptors (Lipinski definition) is 5. The van der Waals surface area contributed by atoms with Gasteiger partial charge in [0.25, 0.3) is 5.89 Å². The van der Waals surface area contributed by atoms with Gasteiger partial charge in [-0.2, -0.15) is 4.98 Å². The molecule has 5 nitrogen and oxygen atoms in total. The summed E-state index contributed by atoms with van der Waals surface area (Å²) < 4.78 is 10.3. The third kappa shape index (κ3) is 2.78. The van der Waals surface area contributed by atoms with Crippen molar-refractivity contribution in [2.24, 2.45) is 0 Å². The van der Waals surface area contributed by atoms with Crippen molar-refractivity contribution in [3.8, 4) is 17.1 Å². The molecule has 0 bridgehead atoms. The molecule has 1 N–H and O–H groups in total. The molecule has 3 rings (SSSR count). The predicted octanol–water partition coefficient (Wildman–Crippen LogP) is 2.83. The standard InChI is InChI=1S/C16H14N2O3/c1-20-13-9-7-12(8-10-13)15-17-16(21-18-15)14(19)11-5-3-2-4-6-11/h2-10,14,19H,1H3. The number of aromatic nitrogens is 2. The molecular weight excluding hydrogens is 268 g/mol. The van der Waals surface area contributed by atoms with Gasteiger partial charge in [0.2, 0.25) is 5.82 Å². The van der Waals surface area contributed by atoms with E-state index in [-0.39, 0.29) is 5.89 Å². The highest BCUT2D eigenvalue weighted by Gasteiger charge is 2.18. The fourth-order valence-corrected chi connectivity index (χ4v) is 1.98. The number of rotatable bonds is 4. The highest BCUT2D eigenvalue weighted by Crippen LogP contribution is 2.24. The monoisotopic (exact) mass is 282 g/mol. The molecule has 5 heteroatoms. The Bertz CT molecular complexity index is 708. The zero-order valence-electron chi connectivity index (χ0n) is 11.4. The van der Waals surface area contributed by atoms with E-state index in [9.17, 15) is 5.11 Å². The third-order valence-electron chi connectivity index (χ3n) is 3.14. The Labute approximate surface area is 121 Å². The molecule has 0 fully saturated rings. The predicted molar refractivity (Wildman–Crippen MR) is 76.8 cm³/mol. The van der Waals surface area contributed by atoms with E-state index in [1.807, 2.05) is 54.6 Å². The second-order valence-corrected chi connectivity index (χ2v) is 4.50. The molecule has 0 amide bonds. The van der Waals surface area contributed by atoms with Crippen LogP contribution in [0.15, 0.2) is 59.1 Å². The minimum atomic E-state index is -0.925. The topological polar surface area (TPSA) is 68.4 Å². The number of nitrogens with zero attached hydrogens (tertiary/aromatic N) is 2. The molecule has 0 saturated carbocycles. The van der Waals surface area contributed by atoms with Gasteiger partial charge in [-0.05, 0) is 29.8 Å². The Balaban J connectivity index is 1.85.